The first-order valence-electron chi connectivity index (χ1n) is 6.24. The number of nitrogens with zero attached hydrogens (tertiary/aromatic N) is 1. The fourth-order valence-electron chi connectivity index (χ4n) is 2.11. The molecule has 0 saturated carbocycles. The van der Waals surface area contributed by atoms with E-state index in [2.05, 4.69) is 4.72 Å². The minimum Gasteiger partial charge on any atom is -0.394 e. The van der Waals surface area contributed by atoms with Gasteiger partial charge in [0.05, 0.1) is 28.7 Å². The predicted octanol–water partition coefficient (Wildman–Crippen LogP) is 0.378. The maximum Gasteiger partial charge on any atom is 0.241 e. The van der Waals surface area contributed by atoms with Gasteiger partial charge in [-0.2, -0.15) is 5.26 Å². The molecule has 0 atom stereocenters. The molecule has 1 heterocycles. The summed E-state index contributed by atoms with van der Waals surface area (Å²) in [5, 5.41) is 18.2. The number of ether oxygens (including phenoxy) is 1. The zero-order valence-corrected chi connectivity index (χ0v) is 11.7. The lowest BCUT2D eigenvalue weighted by molar-refractivity contribution is 0.0223. The Labute approximate surface area is 118 Å². The van der Waals surface area contributed by atoms with Gasteiger partial charge in [0.2, 0.25) is 10.0 Å². The van der Waals surface area contributed by atoms with Gasteiger partial charge in [0.15, 0.2) is 0 Å². The van der Waals surface area contributed by atoms with Crippen molar-refractivity contribution in [3.05, 3.63) is 29.8 Å². The highest BCUT2D eigenvalue weighted by Gasteiger charge is 2.36. The summed E-state index contributed by atoms with van der Waals surface area (Å²) >= 11 is 0. The molecule has 20 heavy (non-hydrogen) atoms. The SMILES string of the molecule is N#Cc1ccc(S(=O)(=O)NC2(CO)CCOCC2)cc1. The lowest BCUT2D eigenvalue weighted by Crippen LogP contribution is -2.54. The third kappa shape index (κ3) is 3.16. The van der Waals surface area contributed by atoms with E-state index in [1.807, 2.05) is 6.07 Å². The van der Waals surface area contributed by atoms with Crippen LogP contribution >= 0.6 is 0 Å². The number of nitriles is 1. The Morgan fingerprint density at radius 2 is 1.90 bits per heavy atom. The Hall–Kier alpha value is -1.46. The highest BCUT2D eigenvalue weighted by atomic mass is 32.2. The fraction of sp³-hybridized carbons (Fsp3) is 0.462. The highest BCUT2D eigenvalue weighted by molar-refractivity contribution is 7.89. The van der Waals surface area contributed by atoms with Crippen molar-refractivity contribution in [2.75, 3.05) is 19.8 Å². The molecule has 1 aromatic carbocycles. The van der Waals surface area contributed by atoms with Crippen molar-refractivity contribution in [1.29, 1.82) is 5.26 Å². The van der Waals surface area contributed by atoms with Crippen LogP contribution in [0.4, 0.5) is 0 Å². The number of nitrogens with one attached hydrogen (secondary N) is 1. The van der Waals surface area contributed by atoms with Crippen LogP contribution in [-0.4, -0.2) is 38.9 Å². The Balaban J connectivity index is 2.23. The van der Waals surface area contributed by atoms with Crippen molar-refractivity contribution in [3.63, 3.8) is 0 Å². The molecule has 0 aliphatic carbocycles. The van der Waals surface area contributed by atoms with Crippen LogP contribution < -0.4 is 4.72 Å². The van der Waals surface area contributed by atoms with Crippen LogP contribution in [0.1, 0.15) is 18.4 Å². The average Bonchev–Trinajstić information content (AvgIpc) is 2.48. The molecule has 1 fully saturated rings. The minimum atomic E-state index is -3.73. The van der Waals surface area contributed by atoms with E-state index in [9.17, 15) is 13.5 Å². The van der Waals surface area contributed by atoms with E-state index in [1.165, 1.54) is 24.3 Å². The first-order chi connectivity index (χ1) is 9.51. The van der Waals surface area contributed by atoms with E-state index >= 15 is 0 Å². The summed E-state index contributed by atoms with van der Waals surface area (Å²) in [4.78, 5) is 0.0795. The highest BCUT2D eigenvalue weighted by Crippen LogP contribution is 2.23. The molecule has 6 nitrogen and oxygen atoms in total. The van der Waals surface area contributed by atoms with Gasteiger partial charge >= 0.3 is 0 Å². The molecule has 108 valence electrons. The lowest BCUT2D eigenvalue weighted by atomic mass is 9.93. The number of hydrogen-bond acceptors (Lipinski definition) is 5. The Morgan fingerprint density at radius 3 is 2.40 bits per heavy atom. The van der Waals surface area contributed by atoms with E-state index < -0.39 is 15.6 Å². The molecule has 0 unspecified atom stereocenters. The molecule has 0 spiro atoms. The van der Waals surface area contributed by atoms with E-state index in [1.54, 1.807) is 0 Å². The standard InChI is InChI=1S/C13H16N2O4S/c14-9-11-1-3-12(4-2-11)20(17,18)15-13(10-16)5-7-19-8-6-13/h1-4,15-16H,5-8,10H2. The third-order valence-electron chi connectivity index (χ3n) is 3.40. The van der Waals surface area contributed by atoms with Crippen LogP contribution in [0.5, 0.6) is 0 Å². The van der Waals surface area contributed by atoms with Crippen LogP contribution in [-0.2, 0) is 14.8 Å². The van der Waals surface area contributed by atoms with Crippen LogP contribution in [0.2, 0.25) is 0 Å². The molecule has 0 radical (unpaired) electrons. The average molecular weight is 296 g/mol. The summed E-state index contributed by atoms with van der Waals surface area (Å²) in [6.45, 7) is 0.554. The topological polar surface area (TPSA) is 99.4 Å². The molecule has 1 aliphatic rings. The summed E-state index contributed by atoms with van der Waals surface area (Å²) in [6, 6.07) is 7.59. The summed E-state index contributed by atoms with van der Waals surface area (Å²) < 4.78 is 32.4. The summed E-state index contributed by atoms with van der Waals surface area (Å²) in [5.41, 5.74) is -0.475. The summed E-state index contributed by atoms with van der Waals surface area (Å²) in [7, 11) is -3.73. The maximum absolute atomic E-state index is 12.3. The number of aliphatic hydroxyl groups excluding tert-OH is 1. The van der Waals surface area contributed by atoms with E-state index in [0.717, 1.165) is 0 Å². The van der Waals surface area contributed by atoms with Gasteiger partial charge in [0, 0.05) is 13.2 Å². The second-order valence-electron chi connectivity index (χ2n) is 4.79. The van der Waals surface area contributed by atoms with Crippen molar-refractivity contribution in [1.82, 2.24) is 4.72 Å². The van der Waals surface area contributed by atoms with Gasteiger partial charge in [-0.15, -0.1) is 0 Å². The fourth-order valence-corrected chi connectivity index (χ4v) is 3.56. The zero-order chi connectivity index (χ0) is 14.6. The molecule has 2 rings (SSSR count). The van der Waals surface area contributed by atoms with Gasteiger partial charge in [0.1, 0.15) is 0 Å². The molecule has 0 amide bonds. The van der Waals surface area contributed by atoms with Crippen LogP contribution in [0.3, 0.4) is 0 Å². The van der Waals surface area contributed by atoms with Gasteiger partial charge in [0.25, 0.3) is 0 Å². The number of hydrogen-bond donors (Lipinski definition) is 2. The Kier molecular flexibility index (Phi) is 4.40. The van der Waals surface area contributed by atoms with Gasteiger partial charge in [-0.3, -0.25) is 0 Å². The van der Waals surface area contributed by atoms with Crippen LogP contribution in [0, 0.1) is 11.3 Å². The van der Waals surface area contributed by atoms with E-state index in [-0.39, 0.29) is 11.5 Å². The molecule has 0 bridgehead atoms. The van der Waals surface area contributed by atoms with Crippen LogP contribution in [0.15, 0.2) is 29.2 Å². The van der Waals surface area contributed by atoms with Gasteiger partial charge in [-0.1, -0.05) is 0 Å². The molecular formula is C13H16N2O4S. The molecular weight excluding hydrogens is 280 g/mol. The second kappa shape index (κ2) is 5.89. The monoisotopic (exact) mass is 296 g/mol. The van der Waals surface area contributed by atoms with Gasteiger partial charge in [-0.05, 0) is 37.1 Å². The van der Waals surface area contributed by atoms with Crippen molar-refractivity contribution in [2.24, 2.45) is 0 Å². The van der Waals surface area contributed by atoms with Crippen LogP contribution in [0.25, 0.3) is 0 Å². The summed E-state index contributed by atoms with van der Waals surface area (Å²) in [5.74, 6) is 0. The lowest BCUT2D eigenvalue weighted by Gasteiger charge is -2.35. The maximum atomic E-state index is 12.3. The second-order valence-corrected chi connectivity index (χ2v) is 6.47. The van der Waals surface area contributed by atoms with Gasteiger partial charge < -0.3 is 9.84 Å². The van der Waals surface area contributed by atoms with E-state index in [4.69, 9.17) is 10.00 Å². The molecule has 0 aromatic heterocycles. The smallest absolute Gasteiger partial charge is 0.241 e. The van der Waals surface area contributed by atoms with Gasteiger partial charge in [-0.25, -0.2) is 13.1 Å². The van der Waals surface area contributed by atoms with E-state index in [0.29, 0.717) is 31.6 Å². The van der Waals surface area contributed by atoms with Crippen molar-refractivity contribution in [3.8, 4) is 6.07 Å². The van der Waals surface area contributed by atoms with Crippen molar-refractivity contribution in [2.45, 2.75) is 23.3 Å². The zero-order valence-electron chi connectivity index (χ0n) is 10.9. The minimum absolute atomic E-state index is 0.0795. The molecule has 7 heteroatoms. The van der Waals surface area contributed by atoms with Crippen molar-refractivity contribution >= 4 is 10.0 Å². The Morgan fingerprint density at radius 1 is 1.30 bits per heavy atom. The first-order valence-corrected chi connectivity index (χ1v) is 7.72. The molecule has 1 aromatic rings. The normalized spacial score (nSPS) is 18.4. The Bertz CT molecular complexity index is 598. The molecule has 2 N–H and O–H groups in total. The first kappa shape index (κ1) is 14.9. The quantitative estimate of drug-likeness (QED) is 0.836. The number of aliphatic hydroxyl groups is 1. The number of sulfonamides is 1. The molecule has 1 aliphatic heterocycles. The number of rotatable bonds is 4. The van der Waals surface area contributed by atoms with Crippen molar-refractivity contribution < 1.29 is 18.3 Å². The predicted molar refractivity (Wildman–Crippen MR) is 71.3 cm³/mol. The largest absolute Gasteiger partial charge is 0.394 e. The number of benzene rings is 1. The summed E-state index contributed by atoms with van der Waals surface area (Å²) in [6.07, 6.45) is 0.859. The molecule has 1 saturated heterocycles. The third-order valence-corrected chi connectivity index (χ3v) is 4.99.